The predicted octanol–water partition coefficient (Wildman–Crippen LogP) is 21.3. The lowest BCUT2D eigenvalue weighted by atomic mass is 10.0. The lowest BCUT2D eigenvalue weighted by Gasteiger charge is -2.21. The second-order valence-corrected chi connectivity index (χ2v) is 31.5. The maximum atomic E-state index is 13.1. The van der Waals surface area contributed by atoms with Crippen LogP contribution in [0.1, 0.15) is 370 Å². The largest absolute Gasteiger partial charge is 0.472 e. The highest BCUT2D eigenvalue weighted by Gasteiger charge is 2.30. The number of hydrogen-bond acceptors (Lipinski definition) is 15. The standard InChI is InChI=1S/C74H144O17P2/c1-64(2)50-42-34-26-19-15-12-10-9-11-13-17-21-31-40-48-56-73(78)90-69(60-84-71(76)54-46-38-30-24-23-28-36-44-52-66(5)6)62-88-92(80,81)86-58-68(75)59-87-93(82,83)89-63-70(61-85-72(77)55-47-39-33-25-29-37-45-53-67(7)8)91-74(79)57-49-41-32-22-18-14-16-20-27-35-43-51-65(3)4/h64-70,75H,9-63H2,1-8H3,(H,80,81)(H,82,83)/t68?,69-,70-/m1/s1. The molecule has 0 aliphatic heterocycles. The minimum absolute atomic E-state index is 0.105. The van der Waals surface area contributed by atoms with Gasteiger partial charge in [-0.05, 0) is 49.4 Å². The molecule has 0 saturated carbocycles. The van der Waals surface area contributed by atoms with Crippen molar-refractivity contribution < 1.29 is 80.2 Å². The van der Waals surface area contributed by atoms with E-state index in [0.29, 0.717) is 31.6 Å². The summed E-state index contributed by atoms with van der Waals surface area (Å²) in [5, 5.41) is 10.6. The Kier molecular flexibility index (Phi) is 62.2. The molecule has 0 fully saturated rings. The van der Waals surface area contributed by atoms with E-state index >= 15 is 0 Å². The van der Waals surface area contributed by atoms with Gasteiger partial charge in [0.05, 0.1) is 26.4 Å². The molecule has 552 valence electrons. The molecule has 0 bridgehead atoms. The molecular weight excluding hydrogens is 1220 g/mol. The molecule has 0 rings (SSSR count). The summed E-state index contributed by atoms with van der Waals surface area (Å²) in [5.41, 5.74) is 0. The molecule has 0 aliphatic carbocycles. The van der Waals surface area contributed by atoms with Gasteiger partial charge in [0.1, 0.15) is 19.3 Å². The Hall–Kier alpha value is -1.94. The maximum Gasteiger partial charge on any atom is 0.472 e. The van der Waals surface area contributed by atoms with Crippen LogP contribution in [0.25, 0.3) is 0 Å². The Bertz CT molecular complexity index is 1830. The van der Waals surface area contributed by atoms with Gasteiger partial charge in [0, 0.05) is 25.7 Å². The molecule has 0 saturated heterocycles. The van der Waals surface area contributed by atoms with Crippen LogP contribution in [0.4, 0.5) is 0 Å². The highest BCUT2D eigenvalue weighted by atomic mass is 31.2. The van der Waals surface area contributed by atoms with E-state index in [1.807, 2.05) is 0 Å². The number of phosphoric acid groups is 2. The van der Waals surface area contributed by atoms with Gasteiger partial charge in [0.15, 0.2) is 12.2 Å². The fraction of sp³-hybridized carbons (Fsp3) is 0.946. The molecule has 93 heavy (non-hydrogen) atoms. The first-order valence-corrected chi connectivity index (χ1v) is 41.2. The number of ether oxygens (including phenoxy) is 4. The number of esters is 4. The average molecular weight is 1370 g/mol. The van der Waals surface area contributed by atoms with Crippen molar-refractivity contribution in [1.29, 1.82) is 0 Å². The van der Waals surface area contributed by atoms with Gasteiger partial charge in [-0.3, -0.25) is 37.3 Å². The van der Waals surface area contributed by atoms with Crippen LogP contribution < -0.4 is 0 Å². The molecular formula is C74H144O17P2. The summed E-state index contributed by atoms with van der Waals surface area (Å²) >= 11 is 0. The summed E-state index contributed by atoms with van der Waals surface area (Å²) < 4.78 is 68.4. The number of aliphatic hydroxyl groups excluding tert-OH is 1. The Morgan fingerprint density at radius 3 is 0.667 bits per heavy atom. The van der Waals surface area contributed by atoms with Crippen LogP contribution in [0.3, 0.4) is 0 Å². The topological polar surface area (TPSA) is 237 Å². The van der Waals surface area contributed by atoms with Gasteiger partial charge in [0.25, 0.3) is 0 Å². The molecule has 0 aromatic rings. The lowest BCUT2D eigenvalue weighted by Crippen LogP contribution is -2.30. The number of carbonyl (C=O) groups excluding carboxylic acids is 4. The van der Waals surface area contributed by atoms with Gasteiger partial charge < -0.3 is 33.8 Å². The minimum Gasteiger partial charge on any atom is -0.462 e. The van der Waals surface area contributed by atoms with Crippen LogP contribution in [0.2, 0.25) is 0 Å². The Morgan fingerprint density at radius 1 is 0.269 bits per heavy atom. The first kappa shape index (κ1) is 91.1. The third kappa shape index (κ3) is 68.4. The van der Waals surface area contributed by atoms with Crippen molar-refractivity contribution in [2.45, 2.75) is 388 Å². The van der Waals surface area contributed by atoms with Crippen LogP contribution in [-0.4, -0.2) is 96.7 Å². The van der Waals surface area contributed by atoms with Gasteiger partial charge >= 0.3 is 39.5 Å². The molecule has 0 aromatic heterocycles. The van der Waals surface area contributed by atoms with Crippen molar-refractivity contribution in [1.82, 2.24) is 0 Å². The molecule has 0 amide bonds. The molecule has 5 atom stereocenters. The number of aliphatic hydroxyl groups is 1. The van der Waals surface area contributed by atoms with E-state index in [4.69, 9.17) is 37.0 Å². The third-order valence-corrected chi connectivity index (χ3v) is 19.0. The first-order valence-electron chi connectivity index (χ1n) is 38.2. The fourth-order valence-electron chi connectivity index (χ4n) is 11.2. The summed E-state index contributed by atoms with van der Waals surface area (Å²) in [5.74, 6) is 0.874. The van der Waals surface area contributed by atoms with Crippen molar-refractivity contribution in [3.8, 4) is 0 Å². The summed E-state index contributed by atoms with van der Waals surface area (Å²) in [4.78, 5) is 72.7. The van der Waals surface area contributed by atoms with E-state index in [9.17, 15) is 43.2 Å². The van der Waals surface area contributed by atoms with E-state index in [1.165, 1.54) is 167 Å². The van der Waals surface area contributed by atoms with Crippen LogP contribution in [-0.2, 0) is 65.4 Å². The maximum absolute atomic E-state index is 13.1. The van der Waals surface area contributed by atoms with Crippen molar-refractivity contribution in [3.63, 3.8) is 0 Å². The highest BCUT2D eigenvalue weighted by molar-refractivity contribution is 7.47. The molecule has 0 aromatic carbocycles. The van der Waals surface area contributed by atoms with Gasteiger partial charge in [0.2, 0.25) is 0 Å². The van der Waals surface area contributed by atoms with Gasteiger partial charge in [-0.1, -0.05) is 319 Å². The third-order valence-electron chi connectivity index (χ3n) is 17.1. The Balaban J connectivity index is 5.23. The summed E-state index contributed by atoms with van der Waals surface area (Å²) in [7, 11) is -9.91. The minimum atomic E-state index is -4.96. The molecule has 0 radical (unpaired) electrons. The van der Waals surface area contributed by atoms with E-state index in [-0.39, 0.29) is 25.7 Å². The quantitative estimate of drug-likeness (QED) is 0.0222. The summed E-state index contributed by atoms with van der Waals surface area (Å²) in [6, 6.07) is 0. The molecule has 3 N–H and O–H groups in total. The van der Waals surface area contributed by atoms with Gasteiger partial charge in [-0.2, -0.15) is 0 Å². The molecule has 0 heterocycles. The SMILES string of the molecule is CC(C)CCCCCCCCCCCCCCCCCC(=O)O[C@H](COC(=O)CCCCCCCCCCC(C)C)COP(=O)(O)OCC(O)COP(=O)(O)OC[C@@H](COC(=O)CCCCCCCCCC(C)C)OC(=O)CCCCCCCCCCCCCC(C)C. The fourth-order valence-corrected chi connectivity index (χ4v) is 12.8. The van der Waals surface area contributed by atoms with Crippen molar-refractivity contribution in [3.05, 3.63) is 0 Å². The lowest BCUT2D eigenvalue weighted by molar-refractivity contribution is -0.161. The number of rotatable bonds is 71. The van der Waals surface area contributed by atoms with E-state index in [1.54, 1.807) is 0 Å². The molecule has 17 nitrogen and oxygen atoms in total. The second-order valence-electron chi connectivity index (χ2n) is 28.6. The van der Waals surface area contributed by atoms with E-state index in [0.717, 1.165) is 114 Å². The van der Waals surface area contributed by atoms with Crippen LogP contribution in [0.15, 0.2) is 0 Å². The molecule has 0 aliphatic rings. The predicted molar refractivity (Wildman–Crippen MR) is 377 cm³/mol. The smallest absolute Gasteiger partial charge is 0.462 e. The molecule has 19 heteroatoms. The van der Waals surface area contributed by atoms with Crippen molar-refractivity contribution >= 4 is 39.5 Å². The number of carbonyl (C=O) groups is 4. The first-order chi connectivity index (χ1) is 44.6. The number of unbranched alkanes of at least 4 members (excludes halogenated alkanes) is 37. The highest BCUT2D eigenvalue weighted by Crippen LogP contribution is 2.45. The summed E-state index contributed by atoms with van der Waals surface area (Å²) in [6.07, 6.45) is 47.3. The summed E-state index contributed by atoms with van der Waals surface area (Å²) in [6.45, 7) is 14.1. The average Bonchev–Trinajstić information content (AvgIpc) is 3.72. The molecule has 0 spiro atoms. The zero-order chi connectivity index (χ0) is 68.9. The molecule has 3 unspecified atom stereocenters. The zero-order valence-corrected chi connectivity index (χ0v) is 62.7. The van der Waals surface area contributed by atoms with E-state index in [2.05, 4.69) is 55.4 Å². The Morgan fingerprint density at radius 2 is 0.452 bits per heavy atom. The van der Waals surface area contributed by atoms with E-state index < -0.39 is 97.5 Å². The second kappa shape index (κ2) is 63.5. The van der Waals surface area contributed by atoms with Crippen molar-refractivity contribution in [2.24, 2.45) is 23.7 Å². The van der Waals surface area contributed by atoms with Crippen molar-refractivity contribution in [2.75, 3.05) is 39.6 Å². The van der Waals surface area contributed by atoms with Gasteiger partial charge in [-0.15, -0.1) is 0 Å². The number of phosphoric ester groups is 2. The zero-order valence-electron chi connectivity index (χ0n) is 60.9. The van der Waals surface area contributed by atoms with Crippen LogP contribution in [0.5, 0.6) is 0 Å². The normalized spacial score (nSPS) is 14.2. The monoisotopic (exact) mass is 1370 g/mol. The van der Waals surface area contributed by atoms with Crippen LogP contribution in [0, 0.1) is 23.7 Å². The van der Waals surface area contributed by atoms with Gasteiger partial charge in [-0.25, -0.2) is 9.13 Å². The number of hydrogen-bond donors (Lipinski definition) is 3. The van der Waals surface area contributed by atoms with Crippen LogP contribution >= 0.6 is 15.6 Å². The Labute approximate surface area is 568 Å².